The topological polar surface area (TPSA) is 50.6 Å². The molecular formula is C18H26N4O2. The van der Waals surface area contributed by atoms with Crippen molar-refractivity contribution in [1.82, 2.24) is 19.6 Å². The number of amides is 1. The van der Waals surface area contributed by atoms with Gasteiger partial charge in [0.05, 0.1) is 12.1 Å². The van der Waals surface area contributed by atoms with Crippen LogP contribution in [0.1, 0.15) is 18.4 Å². The number of likely N-dealkylation sites (tertiary alicyclic amines) is 1. The molecule has 1 atom stereocenters. The van der Waals surface area contributed by atoms with E-state index in [-0.39, 0.29) is 11.3 Å². The molecule has 1 aromatic rings. The van der Waals surface area contributed by atoms with Gasteiger partial charge in [-0.15, -0.1) is 0 Å². The maximum absolute atomic E-state index is 13.1. The molecule has 6 heteroatoms. The van der Waals surface area contributed by atoms with E-state index in [1.807, 2.05) is 22.8 Å². The number of aryl methyl sites for hydroxylation is 1. The first-order valence-electron chi connectivity index (χ1n) is 8.88. The fourth-order valence-electron chi connectivity index (χ4n) is 4.51. The number of carbonyl (C=O) groups is 1. The first-order valence-corrected chi connectivity index (χ1v) is 8.88. The van der Waals surface area contributed by atoms with E-state index in [0.29, 0.717) is 5.91 Å². The molecule has 3 aliphatic heterocycles. The van der Waals surface area contributed by atoms with E-state index in [1.165, 1.54) is 5.56 Å². The van der Waals surface area contributed by atoms with Crippen LogP contribution in [0, 0.1) is 11.3 Å². The van der Waals surface area contributed by atoms with Gasteiger partial charge in [-0.1, -0.05) is 12.2 Å². The molecule has 0 radical (unpaired) electrons. The molecule has 1 amide bonds. The highest BCUT2D eigenvalue weighted by atomic mass is 16.5. The Kier molecular flexibility index (Phi) is 4.18. The summed E-state index contributed by atoms with van der Waals surface area (Å²) in [7, 11) is 1.94. The lowest BCUT2D eigenvalue weighted by atomic mass is 9.71. The molecule has 1 aromatic heterocycles. The predicted octanol–water partition coefficient (Wildman–Crippen LogP) is 1.05. The fraction of sp³-hybridized carbons (Fsp3) is 0.667. The highest BCUT2D eigenvalue weighted by molar-refractivity contribution is 5.81. The highest BCUT2D eigenvalue weighted by Crippen LogP contribution is 2.45. The summed E-state index contributed by atoms with van der Waals surface area (Å²) < 4.78 is 7.44. The summed E-state index contributed by atoms with van der Waals surface area (Å²) in [6.45, 7) is 5.81. The third-order valence-corrected chi connectivity index (χ3v) is 5.80. The Bertz CT molecular complexity index is 625. The smallest absolute Gasteiger partial charge is 0.228 e. The Hall–Kier alpha value is -1.66. The molecular weight excluding hydrogens is 304 g/mol. The van der Waals surface area contributed by atoms with E-state index in [0.717, 1.165) is 58.8 Å². The Balaban J connectivity index is 1.52. The van der Waals surface area contributed by atoms with Crippen molar-refractivity contribution in [3.8, 4) is 0 Å². The van der Waals surface area contributed by atoms with Crippen molar-refractivity contribution < 1.29 is 9.53 Å². The number of rotatable bonds is 3. The van der Waals surface area contributed by atoms with Gasteiger partial charge in [-0.3, -0.25) is 14.4 Å². The number of carbonyl (C=O) groups excluding carboxylic acids is 1. The number of hydrogen-bond acceptors (Lipinski definition) is 4. The normalized spacial score (nSPS) is 26.5. The molecule has 0 aliphatic carbocycles. The summed E-state index contributed by atoms with van der Waals surface area (Å²) in [5.41, 5.74) is 1.30. The van der Waals surface area contributed by atoms with E-state index >= 15 is 0 Å². The third-order valence-electron chi connectivity index (χ3n) is 5.80. The summed E-state index contributed by atoms with van der Waals surface area (Å²) in [4.78, 5) is 17.6. The van der Waals surface area contributed by atoms with Crippen LogP contribution in [0.25, 0.3) is 0 Å². The largest absolute Gasteiger partial charge is 0.381 e. The molecule has 0 saturated carbocycles. The van der Waals surface area contributed by atoms with Crippen molar-refractivity contribution in [2.75, 3.05) is 39.4 Å². The van der Waals surface area contributed by atoms with Crippen LogP contribution in [0.2, 0.25) is 0 Å². The Morgan fingerprint density at radius 3 is 2.75 bits per heavy atom. The van der Waals surface area contributed by atoms with Gasteiger partial charge in [-0.2, -0.15) is 5.10 Å². The molecule has 1 unspecified atom stereocenters. The first-order chi connectivity index (χ1) is 11.7. The van der Waals surface area contributed by atoms with Crippen LogP contribution >= 0.6 is 0 Å². The molecule has 0 aromatic carbocycles. The van der Waals surface area contributed by atoms with Gasteiger partial charge in [-0.25, -0.2) is 0 Å². The minimum Gasteiger partial charge on any atom is -0.381 e. The fourth-order valence-corrected chi connectivity index (χ4v) is 4.51. The van der Waals surface area contributed by atoms with Gasteiger partial charge in [-0.05, 0) is 12.8 Å². The van der Waals surface area contributed by atoms with Crippen LogP contribution in [0.15, 0.2) is 24.5 Å². The lowest BCUT2D eigenvalue weighted by Crippen LogP contribution is -2.45. The minimum absolute atomic E-state index is 0.0835. The summed E-state index contributed by atoms with van der Waals surface area (Å²) in [5.74, 6) is 0.425. The van der Waals surface area contributed by atoms with Crippen LogP contribution in [0.5, 0.6) is 0 Å². The number of nitrogens with zero attached hydrogens (tertiary/aromatic N) is 4. The van der Waals surface area contributed by atoms with Crippen molar-refractivity contribution in [2.24, 2.45) is 18.4 Å². The average Bonchev–Trinajstić information content (AvgIpc) is 3.30. The summed E-state index contributed by atoms with van der Waals surface area (Å²) >= 11 is 0. The van der Waals surface area contributed by atoms with Gasteiger partial charge < -0.3 is 9.64 Å². The second kappa shape index (κ2) is 6.33. The predicted molar refractivity (Wildman–Crippen MR) is 90.2 cm³/mol. The van der Waals surface area contributed by atoms with Crippen molar-refractivity contribution in [3.05, 3.63) is 30.1 Å². The second-order valence-electron chi connectivity index (χ2n) is 7.43. The van der Waals surface area contributed by atoms with Crippen LogP contribution < -0.4 is 0 Å². The Morgan fingerprint density at radius 1 is 1.33 bits per heavy atom. The van der Waals surface area contributed by atoms with Crippen molar-refractivity contribution in [2.45, 2.75) is 19.4 Å². The zero-order valence-electron chi connectivity index (χ0n) is 14.4. The Labute approximate surface area is 143 Å². The average molecular weight is 330 g/mol. The maximum atomic E-state index is 13.1. The zero-order valence-corrected chi connectivity index (χ0v) is 14.4. The van der Waals surface area contributed by atoms with E-state index in [1.54, 1.807) is 0 Å². The van der Waals surface area contributed by atoms with Crippen LogP contribution in [-0.2, 0) is 23.1 Å². The van der Waals surface area contributed by atoms with Crippen LogP contribution in [-0.4, -0.2) is 64.9 Å². The standard InChI is InChI=1S/C18H26N4O2/c1-20-11-15(10-19-20)12-21-13-16(17(23)22-6-2-3-7-22)18(14-21)4-8-24-9-5-18/h2-3,10-11,16H,4-9,12-14H2,1H3. The van der Waals surface area contributed by atoms with E-state index in [4.69, 9.17) is 4.74 Å². The van der Waals surface area contributed by atoms with Gasteiger partial charge in [0, 0.05) is 70.2 Å². The van der Waals surface area contributed by atoms with Gasteiger partial charge in [0.25, 0.3) is 0 Å². The van der Waals surface area contributed by atoms with Gasteiger partial charge in [0.1, 0.15) is 0 Å². The quantitative estimate of drug-likeness (QED) is 0.778. The third kappa shape index (κ3) is 2.89. The van der Waals surface area contributed by atoms with Crippen molar-refractivity contribution in [1.29, 1.82) is 0 Å². The molecule has 2 fully saturated rings. The van der Waals surface area contributed by atoms with E-state index in [2.05, 4.69) is 28.3 Å². The molecule has 2 saturated heterocycles. The van der Waals surface area contributed by atoms with Crippen LogP contribution in [0.4, 0.5) is 0 Å². The van der Waals surface area contributed by atoms with Gasteiger partial charge >= 0.3 is 0 Å². The highest BCUT2D eigenvalue weighted by Gasteiger charge is 2.51. The maximum Gasteiger partial charge on any atom is 0.228 e. The zero-order chi connectivity index (χ0) is 16.6. The number of hydrogen-bond donors (Lipinski definition) is 0. The Morgan fingerprint density at radius 2 is 2.08 bits per heavy atom. The SMILES string of the molecule is Cn1cc(CN2CC(C(=O)N3CC=CC3)C3(CCOCC3)C2)cn1. The molecule has 6 nitrogen and oxygen atoms in total. The molecule has 1 spiro atoms. The summed E-state index contributed by atoms with van der Waals surface area (Å²) in [5, 5.41) is 4.27. The molecule has 3 aliphatic rings. The molecule has 0 bridgehead atoms. The molecule has 4 rings (SSSR count). The van der Waals surface area contributed by atoms with E-state index < -0.39 is 0 Å². The van der Waals surface area contributed by atoms with E-state index in [9.17, 15) is 4.79 Å². The summed E-state index contributed by atoms with van der Waals surface area (Å²) in [6.07, 6.45) is 10.2. The lowest BCUT2D eigenvalue weighted by molar-refractivity contribution is -0.139. The molecule has 0 N–H and O–H groups in total. The lowest BCUT2D eigenvalue weighted by Gasteiger charge is -2.38. The number of ether oxygens (including phenoxy) is 1. The molecule has 130 valence electrons. The van der Waals surface area contributed by atoms with Crippen LogP contribution in [0.3, 0.4) is 0 Å². The first kappa shape index (κ1) is 15.8. The van der Waals surface area contributed by atoms with Crippen molar-refractivity contribution >= 4 is 5.91 Å². The second-order valence-corrected chi connectivity index (χ2v) is 7.43. The summed E-state index contributed by atoms with van der Waals surface area (Å²) in [6, 6.07) is 0. The monoisotopic (exact) mass is 330 g/mol. The minimum atomic E-state index is 0.0835. The number of aromatic nitrogens is 2. The van der Waals surface area contributed by atoms with Gasteiger partial charge in [0.2, 0.25) is 5.91 Å². The van der Waals surface area contributed by atoms with Crippen molar-refractivity contribution in [3.63, 3.8) is 0 Å². The molecule has 24 heavy (non-hydrogen) atoms. The molecule has 4 heterocycles. The van der Waals surface area contributed by atoms with Gasteiger partial charge in [0.15, 0.2) is 0 Å².